The molecule has 1 atom stereocenters. The fraction of sp³-hybridized carbons (Fsp3) is 0.250. The average molecular weight is 407 g/mol. The summed E-state index contributed by atoms with van der Waals surface area (Å²) in [5.41, 5.74) is 0.781. The van der Waals surface area contributed by atoms with Crippen LogP contribution in [0.1, 0.15) is 30.9 Å². The second-order valence-corrected chi connectivity index (χ2v) is 6.47. The number of halogens is 4. The average Bonchev–Trinajstić information content (AvgIpc) is 3.16. The molecule has 0 fully saturated rings. The second-order valence-electron chi connectivity index (χ2n) is 6.47. The highest BCUT2D eigenvalue weighted by Gasteiger charge is 2.28. The standard InChI is InChI=1S/C20H17F4N3O2/c1-12(11-29-18-9-16(23)10-25-20(18)24)2-3-19(28)27-17(4-5-26-27)13-6-14(21)8-15(22)7-13/h5-10,17H,1-4,11H2. The summed E-state index contributed by atoms with van der Waals surface area (Å²) in [5.74, 6) is -3.88. The molecule has 0 N–H and O–H groups in total. The zero-order valence-corrected chi connectivity index (χ0v) is 15.2. The third kappa shape index (κ3) is 5.18. The predicted molar refractivity (Wildman–Crippen MR) is 97.1 cm³/mol. The molecule has 9 heteroatoms. The number of amides is 1. The first-order chi connectivity index (χ1) is 13.8. The molecule has 0 spiro atoms. The minimum absolute atomic E-state index is 0.0116. The summed E-state index contributed by atoms with van der Waals surface area (Å²) >= 11 is 0. The SMILES string of the molecule is C=C(CCC(=O)N1N=CCC1c1cc(F)cc(F)c1)COc1cc(F)cnc1F. The summed E-state index contributed by atoms with van der Waals surface area (Å²) in [5, 5.41) is 5.18. The van der Waals surface area contributed by atoms with Crippen molar-refractivity contribution in [3.8, 4) is 5.75 Å². The fourth-order valence-electron chi connectivity index (χ4n) is 2.85. The number of rotatable bonds is 7. The Morgan fingerprint density at radius 2 is 1.83 bits per heavy atom. The summed E-state index contributed by atoms with van der Waals surface area (Å²) < 4.78 is 58.6. The van der Waals surface area contributed by atoms with Gasteiger partial charge in [-0.1, -0.05) is 6.58 Å². The molecule has 0 radical (unpaired) electrons. The van der Waals surface area contributed by atoms with E-state index in [1.54, 1.807) is 0 Å². The van der Waals surface area contributed by atoms with Crippen LogP contribution in [0, 0.1) is 23.4 Å². The van der Waals surface area contributed by atoms with Gasteiger partial charge in [0.05, 0.1) is 12.2 Å². The topological polar surface area (TPSA) is 54.8 Å². The lowest BCUT2D eigenvalue weighted by Crippen LogP contribution is -2.27. The van der Waals surface area contributed by atoms with E-state index in [9.17, 15) is 22.4 Å². The summed E-state index contributed by atoms with van der Waals surface area (Å²) in [6.07, 6.45) is 2.79. The summed E-state index contributed by atoms with van der Waals surface area (Å²) in [6, 6.07) is 3.35. The summed E-state index contributed by atoms with van der Waals surface area (Å²) in [4.78, 5) is 15.7. The predicted octanol–water partition coefficient (Wildman–Crippen LogP) is 4.31. The van der Waals surface area contributed by atoms with Gasteiger partial charge in [0.1, 0.15) is 24.1 Å². The molecule has 152 valence electrons. The van der Waals surface area contributed by atoms with Crippen LogP contribution in [-0.4, -0.2) is 28.7 Å². The number of hydrazone groups is 1. The van der Waals surface area contributed by atoms with E-state index in [-0.39, 0.29) is 31.1 Å². The number of carbonyl (C=O) groups excluding carboxylic acids is 1. The number of carbonyl (C=O) groups is 1. The highest BCUT2D eigenvalue weighted by atomic mass is 19.1. The Morgan fingerprint density at radius 3 is 2.55 bits per heavy atom. The molecule has 2 heterocycles. The van der Waals surface area contributed by atoms with E-state index in [0.29, 0.717) is 17.6 Å². The molecule has 1 aliphatic rings. The van der Waals surface area contributed by atoms with Crippen molar-refractivity contribution in [3.63, 3.8) is 0 Å². The van der Waals surface area contributed by atoms with Gasteiger partial charge in [-0.2, -0.15) is 9.49 Å². The molecule has 1 unspecified atom stereocenters. The molecule has 5 nitrogen and oxygen atoms in total. The molecule has 0 saturated carbocycles. The number of nitrogens with zero attached hydrogens (tertiary/aromatic N) is 3. The quantitative estimate of drug-likeness (QED) is 0.390. The van der Waals surface area contributed by atoms with E-state index in [4.69, 9.17) is 4.74 Å². The van der Waals surface area contributed by atoms with Gasteiger partial charge in [0.25, 0.3) is 5.95 Å². The fourth-order valence-corrected chi connectivity index (χ4v) is 2.85. The van der Waals surface area contributed by atoms with Crippen LogP contribution in [0.15, 0.2) is 47.7 Å². The third-order valence-corrected chi connectivity index (χ3v) is 4.25. The van der Waals surface area contributed by atoms with Gasteiger partial charge in [-0.3, -0.25) is 4.79 Å². The highest BCUT2D eigenvalue weighted by molar-refractivity contribution is 5.80. The number of ether oxygens (including phenoxy) is 1. The van der Waals surface area contributed by atoms with Gasteiger partial charge in [-0.15, -0.1) is 0 Å². The zero-order chi connectivity index (χ0) is 21.0. The van der Waals surface area contributed by atoms with Crippen molar-refractivity contribution < 1.29 is 27.1 Å². The molecule has 1 amide bonds. The van der Waals surface area contributed by atoms with Gasteiger partial charge >= 0.3 is 0 Å². The number of benzene rings is 1. The Bertz CT molecular complexity index is 944. The van der Waals surface area contributed by atoms with Crippen LogP contribution in [0.25, 0.3) is 0 Å². The van der Waals surface area contributed by atoms with E-state index in [2.05, 4.69) is 16.7 Å². The maximum atomic E-state index is 13.5. The van der Waals surface area contributed by atoms with Gasteiger partial charge in [0.15, 0.2) is 5.75 Å². The van der Waals surface area contributed by atoms with Crippen molar-refractivity contribution in [2.75, 3.05) is 6.61 Å². The Morgan fingerprint density at radius 1 is 1.10 bits per heavy atom. The van der Waals surface area contributed by atoms with Gasteiger partial charge in [-0.25, -0.2) is 23.2 Å². The lowest BCUT2D eigenvalue weighted by Gasteiger charge is -2.22. The van der Waals surface area contributed by atoms with E-state index in [1.807, 2.05) is 0 Å². The molecular formula is C20H17F4N3O2. The minimum Gasteiger partial charge on any atom is -0.484 e. The molecule has 1 aromatic carbocycles. The maximum Gasteiger partial charge on any atom is 0.255 e. The smallest absolute Gasteiger partial charge is 0.255 e. The number of aromatic nitrogens is 1. The summed E-state index contributed by atoms with van der Waals surface area (Å²) in [6.45, 7) is 3.62. The van der Waals surface area contributed by atoms with Crippen molar-refractivity contribution >= 4 is 12.1 Å². The number of hydrogen-bond acceptors (Lipinski definition) is 4. The van der Waals surface area contributed by atoms with E-state index in [1.165, 1.54) is 11.2 Å². The molecule has 1 aliphatic heterocycles. The van der Waals surface area contributed by atoms with Gasteiger partial charge in [0.2, 0.25) is 5.91 Å². The van der Waals surface area contributed by atoms with E-state index in [0.717, 1.165) is 30.5 Å². The van der Waals surface area contributed by atoms with Crippen LogP contribution in [0.4, 0.5) is 17.6 Å². The van der Waals surface area contributed by atoms with Gasteiger partial charge < -0.3 is 4.74 Å². The first kappa shape index (κ1) is 20.5. The largest absolute Gasteiger partial charge is 0.484 e. The van der Waals surface area contributed by atoms with Gasteiger partial charge in [-0.05, 0) is 29.7 Å². The Kier molecular flexibility index (Phi) is 6.26. The lowest BCUT2D eigenvalue weighted by molar-refractivity contribution is -0.133. The first-order valence-electron chi connectivity index (χ1n) is 8.74. The molecule has 2 aromatic rings. The minimum atomic E-state index is -0.952. The van der Waals surface area contributed by atoms with Crippen molar-refractivity contribution in [3.05, 3.63) is 71.6 Å². The highest BCUT2D eigenvalue weighted by Crippen LogP contribution is 2.30. The number of pyridine rings is 1. The lowest BCUT2D eigenvalue weighted by atomic mass is 10.0. The van der Waals surface area contributed by atoms with Crippen LogP contribution in [0.2, 0.25) is 0 Å². The van der Waals surface area contributed by atoms with Crippen molar-refractivity contribution in [1.29, 1.82) is 0 Å². The Balaban J connectivity index is 1.54. The normalized spacial score (nSPS) is 15.6. The summed E-state index contributed by atoms with van der Waals surface area (Å²) in [7, 11) is 0. The van der Waals surface area contributed by atoms with Crippen LogP contribution in [0.3, 0.4) is 0 Å². The number of hydrogen-bond donors (Lipinski definition) is 0. The molecule has 3 rings (SSSR count). The van der Waals surface area contributed by atoms with Gasteiger partial charge in [0, 0.05) is 31.2 Å². The maximum absolute atomic E-state index is 13.5. The zero-order valence-electron chi connectivity index (χ0n) is 15.2. The Hall–Kier alpha value is -3.23. The molecule has 1 aromatic heterocycles. The van der Waals surface area contributed by atoms with Crippen LogP contribution in [-0.2, 0) is 4.79 Å². The van der Waals surface area contributed by atoms with E-state index >= 15 is 0 Å². The molecule has 29 heavy (non-hydrogen) atoms. The van der Waals surface area contributed by atoms with Crippen LogP contribution in [0.5, 0.6) is 5.75 Å². The molecule has 0 saturated heterocycles. The molecule has 0 bridgehead atoms. The third-order valence-electron chi connectivity index (χ3n) is 4.25. The Labute approximate surface area is 164 Å². The molecule has 0 aliphatic carbocycles. The van der Waals surface area contributed by atoms with Crippen LogP contribution >= 0.6 is 0 Å². The van der Waals surface area contributed by atoms with Crippen molar-refractivity contribution in [2.24, 2.45) is 5.10 Å². The van der Waals surface area contributed by atoms with E-state index < -0.39 is 29.4 Å². The van der Waals surface area contributed by atoms with Crippen molar-refractivity contribution in [1.82, 2.24) is 9.99 Å². The first-order valence-corrected chi connectivity index (χ1v) is 8.74. The molecular weight excluding hydrogens is 390 g/mol. The second kappa shape index (κ2) is 8.85. The van der Waals surface area contributed by atoms with Crippen molar-refractivity contribution in [2.45, 2.75) is 25.3 Å². The monoisotopic (exact) mass is 407 g/mol. The van der Waals surface area contributed by atoms with Crippen LogP contribution < -0.4 is 4.74 Å².